The van der Waals surface area contributed by atoms with Crippen molar-refractivity contribution in [2.45, 2.75) is 51.6 Å². The number of amides is 2. The number of carboxylic acids is 1. The second-order valence-corrected chi connectivity index (χ2v) is 5.53. The van der Waals surface area contributed by atoms with E-state index in [4.69, 9.17) is 14.6 Å². The van der Waals surface area contributed by atoms with E-state index in [1.54, 1.807) is 13.1 Å². The number of aromatic nitrogens is 3. The Labute approximate surface area is 155 Å². The van der Waals surface area contributed by atoms with E-state index in [-0.39, 0.29) is 32.7 Å². The molecule has 0 bridgehead atoms. The maximum absolute atomic E-state index is 12.0. The summed E-state index contributed by atoms with van der Waals surface area (Å²) in [4.78, 5) is 33.6. The molecule has 27 heavy (non-hydrogen) atoms. The van der Waals surface area contributed by atoms with Crippen LogP contribution in [0.4, 0.5) is 9.18 Å². The molecule has 0 aliphatic carbocycles. The third kappa shape index (κ3) is 8.94. The van der Waals surface area contributed by atoms with Gasteiger partial charge in [0.15, 0.2) is 6.23 Å². The summed E-state index contributed by atoms with van der Waals surface area (Å²) in [7, 11) is 0. The van der Waals surface area contributed by atoms with Crippen molar-refractivity contribution in [3.63, 3.8) is 0 Å². The summed E-state index contributed by atoms with van der Waals surface area (Å²) in [6.45, 7) is 1.40. The first-order chi connectivity index (χ1) is 13.0. The maximum atomic E-state index is 12.0. The van der Waals surface area contributed by atoms with Crippen LogP contribution < -0.4 is 10.6 Å². The second-order valence-electron chi connectivity index (χ2n) is 5.53. The monoisotopic (exact) mass is 388 g/mol. The second kappa shape index (κ2) is 12.6. The highest BCUT2D eigenvalue weighted by Crippen LogP contribution is 2.04. The SMILES string of the molecule is CCC[C@H](NC(=O)N[C@@H](CCc1cn(COCC[18F])nn1)OC=O)C(=O)O. The fraction of sp³-hybridized carbons (Fsp3) is 0.667. The molecule has 3 N–H and O–H groups in total. The highest BCUT2D eigenvalue weighted by Gasteiger charge is 2.21. The van der Waals surface area contributed by atoms with Gasteiger partial charge in [0, 0.05) is 6.42 Å². The Morgan fingerprint density at radius 2 is 2.19 bits per heavy atom. The summed E-state index contributed by atoms with van der Waals surface area (Å²) >= 11 is 0. The Morgan fingerprint density at radius 3 is 2.81 bits per heavy atom. The molecule has 1 rings (SSSR count). The molecule has 0 radical (unpaired) electrons. The van der Waals surface area contributed by atoms with Crippen molar-refractivity contribution < 1.29 is 33.4 Å². The summed E-state index contributed by atoms with van der Waals surface area (Å²) < 4.78 is 23.1. The first kappa shape index (κ1) is 22.3. The van der Waals surface area contributed by atoms with Crippen LogP contribution in [0.1, 0.15) is 31.9 Å². The van der Waals surface area contributed by atoms with Crippen LogP contribution in [0.2, 0.25) is 0 Å². The van der Waals surface area contributed by atoms with E-state index in [9.17, 15) is 18.8 Å². The Balaban J connectivity index is 2.49. The Kier molecular flexibility index (Phi) is 10.4. The third-order valence-electron chi connectivity index (χ3n) is 3.39. The van der Waals surface area contributed by atoms with Gasteiger partial charge in [0.2, 0.25) is 0 Å². The van der Waals surface area contributed by atoms with E-state index < -0.39 is 30.9 Å². The predicted octanol–water partition coefficient (Wildman–Crippen LogP) is 0.206. The standard InChI is InChI=1S/C15H24FN5O6/c1-2-3-12(14(23)24)17-15(25)18-13(27-10-22)5-4-11-8-21(20-19-11)9-26-7-6-16/h8,10,12-13H,2-7,9H2,1H3,(H,23,24)(H2,17,18,25)/t12-,13+/m0/s1/i16-1. The maximum Gasteiger partial charge on any atom is 0.326 e. The molecule has 1 aromatic heterocycles. The van der Waals surface area contributed by atoms with E-state index in [0.29, 0.717) is 18.5 Å². The number of carbonyl (C=O) groups is 3. The minimum Gasteiger partial charge on any atom is -0.480 e. The fourth-order valence-corrected chi connectivity index (χ4v) is 2.14. The molecule has 0 saturated heterocycles. The van der Waals surface area contributed by atoms with Crippen LogP contribution >= 0.6 is 0 Å². The van der Waals surface area contributed by atoms with E-state index in [0.717, 1.165) is 0 Å². The lowest BCUT2D eigenvalue weighted by Gasteiger charge is -2.19. The minimum absolute atomic E-state index is 0.0428. The van der Waals surface area contributed by atoms with Crippen molar-refractivity contribution in [1.82, 2.24) is 25.6 Å². The molecule has 0 unspecified atom stereocenters. The molecule has 2 atom stereocenters. The summed E-state index contributed by atoms with van der Waals surface area (Å²) in [5.74, 6) is -1.15. The number of urea groups is 1. The van der Waals surface area contributed by atoms with E-state index >= 15 is 0 Å². The number of nitrogens with one attached hydrogen (secondary N) is 2. The number of alkyl halides is 1. The van der Waals surface area contributed by atoms with Gasteiger partial charge in [-0.15, -0.1) is 5.10 Å². The zero-order chi connectivity index (χ0) is 20.1. The topological polar surface area (TPSA) is 145 Å². The van der Waals surface area contributed by atoms with Crippen LogP contribution in [-0.4, -0.2) is 64.1 Å². The summed E-state index contributed by atoms with van der Waals surface area (Å²) in [5, 5.41) is 21.4. The molecule has 0 aromatic carbocycles. The van der Waals surface area contributed by atoms with Gasteiger partial charge in [-0.1, -0.05) is 18.6 Å². The average Bonchev–Trinajstić information content (AvgIpc) is 3.07. The van der Waals surface area contributed by atoms with Crippen molar-refractivity contribution in [3.8, 4) is 0 Å². The minimum atomic E-state index is -1.15. The quantitative estimate of drug-likeness (QED) is 0.233. The molecule has 12 heteroatoms. The average molecular weight is 388 g/mol. The summed E-state index contributed by atoms with van der Waals surface area (Å²) in [5.41, 5.74) is 0.551. The molecule has 0 fully saturated rings. The number of rotatable bonds is 14. The lowest BCUT2D eigenvalue weighted by molar-refractivity contribution is -0.139. The van der Waals surface area contributed by atoms with Crippen molar-refractivity contribution in [2.75, 3.05) is 13.3 Å². The number of hydrogen-bond donors (Lipinski definition) is 3. The van der Waals surface area contributed by atoms with Gasteiger partial charge in [0.05, 0.1) is 18.5 Å². The van der Waals surface area contributed by atoms with Gasteiger partial charge in [-0.2, -0.15) is 0 Å². The van der Waals surface area contributed by atoms with Crippen molar-refractivity contribution >= 4 is 18.5 Å². The highest BCUT2D eigenvalue weighted by atomic mass is 18.2. The highest BCUT2D eigenvalue weighted by molar-refractivity contribution is 5.82. The molecule has 2 amide bonds. The normalized spacial score (nSPS) is 12.8. The Morgan fingerprint density at radius 1 is 1.41 bits per heavy atom. The zero-order valence-electron chi connectivity index (χ0n) is 15.0. The Hall–Kier alpha value is -2.76. The molecular formula is C15H24FN5O6. The molecule has 0 saturated carbocycles. The lowest BCUT2D eigenvalue weighted by atomic mass is 10.2. The molecule has 11 nitrogen and oxygen atoms in total. The molecule has 1 heterocycles. The van der Waals surface area contributed by atoms with E-state index in [1.807, 2.05) is 0 Å². The number of carbonyl (C=O) groups excluding carboxylic acids is 2. The smallest absolute Gasteiger partial charge is 0.326 e. The zero-order valence-corrected chi connectivity index (χ0v) is 15.0. The van der Waals surface area contributed by atoms with Crippen LogP contribution in [-0.2, 0) is 32.2 Å². The summed E-state index contributed by atoms with van der Waals surface area (Å²) in [6, 6.07) is -1.79. The van der Waals surface area contributed by atoms with Crippen molar-refractivity contribution in [3.05, 3.63) is 11.9 Å². The van der Waals surface area contributed by atoms with Gasteiger partial charge in [0.25, 0.3) is 6.47 Å². The number of aryl methyl sites for hydroxylation is 1. The number of aliphatic carboxylic acids is 1. The number of ether oxygens (including phenoxy) is 2. The number of nitrogens with zero attached hydrogens (tertiary/aromatic N) is 3. The van der Waals surface area contributed by atoms with Crippen LogP contribution in [0, 0.1) is 0 Å². The van der Waals surface area contributed by atoms with Gasteiger partial charge in [-0.25, -0.2) is 18.7 Å². The van der Waals surface area contributed by atoms with Gasteiger partial charge in [-0.05, 0) is 12.8 Å². The molecular weight excluding hydrogens is 364 g/mol. The predicted molar refractivity (Wildman–Crippen MR) is 89.2 cm³/mol. The number of hydrogen-bond acceptors (Lipinski definition) is 7. The first-order valence-corrected chi connectivity index (χ1v) is 8.41. The third-order valence-corrected chi connectivity index (χ3v) is 3.39. The van der Waals surface area contributed by atoms with Crippen LogP contribution in [0.5, 0.6) is 0 Å². The number of halogens is 1. The molecule has 152 valence electrons. The van der Waals surface area contributed by atoms with Crippen LogP contribution in [0.15, 0.2) is 6.20 Å². The first-order valence-electron chi connectivity index (χ1n) is 8.41. The lowest BCUT2D eigenvalue weighted by Crippen LogP contribution is -2.49. The number of carboxylic acid groups (broad SMARTS) is 1. The van der Waals surface area contributed by atoms with Gasteiger partial charge >= 0.3 is 12.0 Å². The van der Waals surface area contributed by atoms with E-state index in [2.05, 4.69) is 20.9 Å². The largest absolute Gasteiger partial charge is 0.480 e. The van der Waals surface area contributed by atoms with Gasteiger partial charge in [0.1, 0.15) is 19.4 Å². The molecule has 0 spiro atoms. The summed E-state index contributed by atoms with van der Waals surface area (Å²) in [6.07, 6.45) is 1.98. The molecule has 0 aliphatic rings. The van der Waals surface area contributed by atoms with Crippen LogP contribution in [0.3, 0.4) is 0 Å². The molecule has 0 aliphatic heterocycles. The fourth-order valence-electron chi connectivity index (χ4n) is 2.14. The van der Waals surface area contributed by atoms with Gasteiger partial charge in [-0.3, -0.25) is 4.79 Å². The van der Waals surface area contributed by atoms with Crippen LogP contribution in [0.25, 0.3) is 0 Å². The Bertz CT molecular complexity index is 599. The van der Waals surface area contributed by atoms with Crippen molar-refractivity contribution in [1.29, 1.82) is 0 Å². The van der Waals surface area contributed by atoms with Gasteiger partial charge < -0.3 is 25.2 Å². The van der Waals surface area contributed by atoms with Crippen molar-refractivity contribution in [2.24, 2.45) is 0 Å². The van der Waals surface area contributed by atoms with E-state index in [1.165, 1.54) is 4.68 Å². The molecule has 1 aromatic rings.